The number of aromatic carboxylic acids is 1. The Morgan fingerprint density at radius 2 is 2.33 bits per heavy atom. The van der Waals surface area contributed by atoms with Crippen molar-refractivity contribution in [3.05, 3.63) is 11.4 Å². The molecule has 1 aromatic rings. The SMILES string of the molecule is CCCc1c(C(=O)O)nnn1CCSC. The highest BCUT2D eigenvalue weighted by Gasteiger charge is 2.17. The number of carboxylic acids is 1. The summed E-state index contributed by atoms with van der Waals surface area (Å²) in [5.74, 6) is -0.0760. The van der Waals surface area contributed by atoms with Crippen LogP contribution >= 0.6 is 11.8 Å². The summed E-state index contributed by atoms with van der Waals surface area (Å²) in [4.78, 5) is 10.9. The standard InChI is InChI=1S/C9H15N3O2S/c1-3-4-7-8(9(13)14)10-11-12(7)5-6-15-2/h3-6H2,1-2H3,(H,13,14). The molecule has 1 heterocycles. The van der Waals surface area contributed by atoms with Crippen LogP contribution in [0.3, 0.4) is 0 Å². The van der Waals surface area contributed by atoms with E-state index >= 15 is 0 Å². The molecule has 0 bridgehead atoms. The Bertz CT molecular complexity index is 338. The van der Waals surface area contributed by atoms with E-state index in [0.29, 0.717) is 6.42 Å². The molecule has 0 amide bonds. The van der Waals surface area contributed by atoms with E-state index < -0.39 is 5.97 Å². The minimum Gasteiger partial charge on any atom is -0.476 e. The number of rotatable bonds is 6. The van der Waals surface area contributed by atoms with Crippen molar-refractivity contribution >= 4 is 17.7 Å². The molecule has 0 saturated carbocycles. The molecule has 0 aliphatic carbocycles. The number of aryl methyl sites for hydroxylation is 1. The molecule has 1 aromatic heterocycles. The molecule has 0 fully saturated rings. The lowest BCUT2D eigenvalue weighted by molar-refractivity contribution is 0.0689. The van der Waals surface area contributed by atoms with Crippen LogP contribution in [0.15, 0.2) is 0 Å². The van der Waals surface area contributed by atoms with Crippen molar-refractivity contribution in [3.63, 3.8) is 0 Å². The number of hydrogen-bond donors (Lipinski definition) is 1. The zero-order valence-corrected chi connectivity index (χ0v) is 9.75. The molecule has 0 radical (unpaired) electrons. The molecule has 0 unspecified atom stereocenters. The monoisotopic (exact) mass is 229 g/mol. The van der Waals surface area contributed by atoms with E-state index in [1.807, 2.05) is 13.2 Å². The Balaban J connectivity index is 2.90. The average Bonchev–Trinajstić information content (AvgIpc) is 2.59. The molecule has 1 N–H and O–H groups in total. The molecule has 5 nitrogen and oxygen atoms in total. The summed E-state index contributed by atoms with van der Waals surface area (Å²) in [5, 5.41) is 16.5. The van der Waals surface area contributed by atoms with Gasteiger partial charge in [0.15, 0.2) is 5.69 Å². The summed E-state index contributed by atoms with van der Waals surface area (Å²) in [5.41, 5.74) is 0.831. The Kier molecular flexibility index (Phi) is 4.61. The van der Waals surface area contributed by atoms with Gasteiger partial charge < -0.3 is 5.11 Å². The van der Waals surface area contributed by atoms with Crippen molar-refractivity contribution in [2.24, 2.45) is 0 Å². The average molecular weight is 229 g/mol. The first-order valence-electron chi connectivity index (χ1n) is 4.85. The van der Waals surface area contributed by atoms with Gasteiger partial charge in [0.2, 0.25) is 0 Å². The highest BCUT2D eigenvalue weighted by Crippen LogP contribution is 2.09. The number of carboxylic acid groups (broad SMARTS) is 1. The first-order chi connectivity index (χ1) is 7.20. The number of aromatic nitrogens is 3. The van der Waals surface area contributed by atoms with Crippen LogP contribution < -0.4 is 0 Å². The largest absolute Gasteiger partial charge is 0.476 e. The molecule has 0 aliphatic heterocycles. The van der Waals surface area contributed by atoms with Gasteiger partial charge in [-0.15, -0.1) is 5.10 Å². The summed E-state index contributed by atoms with van der Waals surface area (Å²) in [7, 11) is 0. The summed E-state index contributed by atoms with van der Waals surface area (Å²) >= 11 is 1.70. The van der Waals surface area contributed by atoms with Crippen molar-refractivity contribution in [3.8, 4) is 0 Å². The lowest BCUT2D eigenvalue weighted by atomic mass is 10.2. The molecule has 0 aliphatic rings. The van der Waals surface area contributed by atoms with Crippen molar-refractivity contribution in [2.45, 2.75) is 26.3 Å². The summed E-state index contributed by atoms with van der Waals surface area (Å²) in [6.07, 6.45) is 3.62. The first-order valence-corrected chi connectivity index (χ1v) is 6.24. The smallest absolute Gasteiger partial charge is 0.358 e. The van der Waals surface area contributed by atoms with Crippen LogP contribution in [0.2, 0.25) is 0 Å². The highest BCUT2D eigenvalue weighted by molar-refractivity contribution is 7.98. The van der Waals surface area contributed by atoms with E-state index in [1.54, 1.807) is 16.4 Å². The van der Waals surface area contributed by atoms with Crippen molar-refractivity contribution in [1.29, 1.82) is 0 Å². The van der Waals surface area contributed by atoms with Crippen molar-refractivity contribution < 1.29 is 9.90 Å². The summed E-state index contributed by atoms with van der Waals surface area (Å²) < 4.78 is 1.70. The number of hydrogen-bond acceptors (Lipinski definition) is 4. The van der Waals surface area contributed by atoms with Gasteiger partial charge in [0.25, 0.3) is 0 Å². The van der Waals surface area contributed by atoms with Gasteiger partial charge in [0.1, 0.15) is 0 Å². The molecule has 0 spiro atoms. The first kappa shape index (κ1) is 12.0. The molecule has 0 atom stereocenters. The van der Waals surface area contributed by atoms with Gasteiger partial charge in [-0.05, 0) is 12.7 Å². The van der Waals surface area contributed by atoms with Crippen LogP contribution in [0, 0.1) is 0 Å². The maximum atomic E-state index is 10.9. The van der Waals surface area contributed by atoms with E-state index in [9.17, 15) is 4.79 Å². The predicted molar refractivity (Wildman–Crippen MR) is 59.4 cm³/mol. The minimum atomic E-state index is -0.992. The summed E-state index contributed by atoms with van der Waals surface area (Å²) in [6.45, 7) is 2.73. The van der Waals surface area contributed by atoms with Crippen molar-refractivity contribution in [1.82, 2.24) is 15.0 Å². The molecule has 15 heavy (non-hydrogen) atoms. The van der Waals surface area contributed by atoms with E-state index in [-0.39, 0.29) is 5.69 Å². The Labute approximate surface area is 92.9 Å². The zero-order chi connectivity index (χ0) is 11.3. The highest BCUT2D eigenvalue weighted by atomic mass is 32.2. The van der Waals surface area contributed by atoms with E-state index in [1.165, 1.54) is 0 Å². The van der Waals surface area contributed by atoms with Gasteiger partial charge in [-0.1, -0.05) is 18.6 Å². The van der Waals surface area contributed by atoms with Gasteiger partial charge in [0.05, 0.1) is 12.2 Å². The van der Waals surface area contributed by atoms with E-state index in [2.05, 4.69) is 10.3 Å². The number of carbonyl (C=O) groups is 1. The second kappa shape index (κ2) is 5.75. The van der Waals surface area contributed by atoms with Gasteiger partial charge in [-0.25, -0.2) is 9.48 Å². The second-order valence-electron chi connectivity index (χ2n) is 3.16. The molecular formula is C9H15N3O2S. The predicted octanol–water partition coefficient (Wildman–Crippen LogP) is 1.29. The van der Waals surface area contributed by atoms with Gasteiger partial charge in [-0.3, -0.25) is 0 Å². The van der Waals surface area contributed by atoms with E-state index in [4.69, 9.17) is 5.11 Å². The fraction of sp³-hybridized carbons (Fsp3) is 0.667. The normalized spacial score (nSPS) is 10.5. The molecule has 0 saturated heterocycles. The topological polar surface area (TPSA) is 68.0 Å². The van der Waals surface area contributed by atoms with Crippen LogP contribution in [0.4, 0.5) is 0 Å². The third-order valence-electron chi connectivity index (χ3n) is 2.03. The van der Waals surface area contributed by atoms with Crippen LogP contribution in [-0.4, -0.2) is 38.1 Å². The van der Waals surface area contributed by atoms with Gasteiger partial charge in [0, 0.05) is 5.75 Å². The van der Waals surface area contributed by atoms with Crippen LogP contribution in [-0.2, 0) is 13.0 Å². The summed E-state index contributed by atoms with van der Waals surface area (Å²) in [6, 6.07) is 0. The van der Waals surface area contributed by atoms with Gasteiger partial charge >= 0.3 is 5.97 Å². The van der Waals surface area contributed by atoms with Crippen molar-refractivity contribution in [2.75, 3.05) is 12.0 Å². The van der Waals surface area contributed by atoms with Crippen LogP contribution in [0.25, 0.3) is 0 Å². The third-order valence-corrected chi connectivity index (χ3v) is 2.63. The number of thioether (sulfide) groups is 1. The Hall–Kier alpha value is -1.04. The second-order valence-corrected chi connectivity index (χ2v) is 4.14. The molecular weight excluding hydrogens is 214 g/mol. The van der Waals surface area contributed by atoms with Crippen LogP contribution in [0.1, 0.15) is 29.5 Å². The fourth-order valence-corrected chi connectivity index (χ4v) is 1.70. The fourth-order valence-electron chi connectivity index (χ4n) is 1.34. The maximum absolute atomic E-state index is 10.9. The Morgan fingerprint density at radius 1 is 1.60 bits per heavy atom. The van der Waals surface area contributed by atoms with Gasteiger partial charge in [-0.2, -0.15) is 11.8 Å². The zero-order valence-electron chi connectivity index (χ0n) is 8.93. The molecule has 1 rings (SSSR count). The maximum Gasteiger partial charge on any atom is 0.358 e. The lowest BCUT2D eigenvalue weighted by Crippen LogP contribution is -2.09. The van der Waals surface area contributed by atoms with Crippen LogP contribution in [0.5, 0.6) is 0 Å². The molecule has 0 aromatic carbocycles. The number of nitrogens with zero attached hydrogens (tertiary/aromatic N) is 3. The Morgan fingerprint density at radius 3 is 2.87 bits per heavy atom. The minimum absolute atomic E-state index is 0.0953. The third kappa shape index (κ3) is 2.95. The molecule has 6 heteroatoms. The lowest BCUT2D eigenvalue weighted by Gasteiger charge is -2.04. The van der Waals surface area contributed by atoms with E-state index in [0.717, 1.165) is 24.4 Å². The molecule has 84 valence electrons. The quantitative estimate of drug-likeness (QED) is 0.796.